The van der Waals surface area contributed by atoms with Crippen molar-refractivity contribution in [1.29, 1.82) is 0 Å². The minimum atomic E-state index is 0.486. The van der Waals surface area contributed by atoms with E-state index in [4.69, 9.17) is 0 Å². The molecule has 2 aliphatic rings. The summed E-state index contributed by atoms with van der Waals surface area (Å²) < 4.78 is 0. The van der Waals surface area contributed by atoms with Crippen molar-refractivity contribution in [3.63, 3.8) is 0 Å². The Kier molecular flexibility index (Phi) is 4.52. The van der Waals surface area contributed by atoms with Crippen LogP contribution < -0.4 is 5.32 Å². The fourth-order valence-corrected chi connectivity index (χ4v) is 4.51. The zero-order valence-electron chi connectivity index (χ0n) is 12.1. The second-order valence-electron chi connectivity index (χ2n) is 6.86. The van der Waals surface area contributed by atoms with Crippen LogP contribution in [0.25, 0.3) is 0 Å². The maximum Gasteiger partial charge on any atom is 0.0207 e. The summed E-state index contributed by atoms with van der Waals surface area (Å²) in [4.78, 5) is 0. The van der Waals surface area contributed by atoms with Crippen LogP contribution in [0.5, 0.6) is 0 Å². The molecule has 1 N–H and O–H groups in total. The minimum absolute atomic E-state index is 0.486. The first-order chi connectivity index (χ1) is 8.16. The average molecular weight is 237 g/mol. The summed E-state index contributed by atoms with van der Waals surface area (Å²) in [5.41, 5.74) is 0.486. The molecule has 1 saturated heterocycles. The van der Waals surface area contributed by atoms with E-state index in [2.05, 4.69) is 26.1 Å². The Morgan fingerprint density at radius 3 is 2.35 bits per heavy atom. The molecule has 3 unspecified atom stereocenters. The number of nitrogens with one attached hydrogen (secondary N) is 1. The van der Waals surface area contributed by atoms with Crippen LogP contribution in [0.15, 0.2) is 0 Å². The van der Waals surface area contributed by atoms with Crippen LogP contribution in [-0.2, 0) is 0 Å². The predicted octanol–water partition coefficient (Wildman–Crippen LogP) is 4.37. The largest absolute Gasteiger partial charge is 0.311 e. The van der Waals surface area contributed by atoms with Crippen molar-refractivity contribution in [1.82, 2.24) is 5.32 Å². The maximum atomic E-state index is 3.96. The molecule has 2 fully saturated rings. The monoisotopic (exact) mass is 237 g/mol. The Bertz CT molecular complexity index is 218. The molecule has 2 rings (SSSR count). The summed E-state index contributed by atoms with van der Waals surface area (Å²) in [5, 5.41) is 3.96. The molecule has 1 aliphatic heterocycles. The second kappa shape index (κ2) is 5.73. The molecule has 0 spiro atoms. The summed E-state index contributed by atoms with van der Waals surface area (Å²) in [6.45, 7) is 8.58. The molecule has 0 aromatic heterocycles. The van der Waals surface area contributed by atoms with Gasteiger partial charge in [0, 0.05) is 5.54 Å². The van der Waals surface area contributed by atoms with Gasteiger partial charge in [0.15, 0.2) is 0 Å². The van der Waals surface area contributed by atoms with Gasteiger partial charge in [-0.25, -0.2) is 0 Å². The maximum absolute atomic E-state index is 3.96. The molecular weight excluding hydrogens is 206 g/mol. The standard InChI is InChI=1S/C16H31N/c1-4-16(8-6-5-7-9-17-16)15-11-13(2)10-14(3)12-15/h13-15,17H,4-12H2,1-3H3. The van der Waals surface area contributed by atoms with Crippen molar-refractivity contribution >= 4 is 0 Å². The van der Waals surface area contributed by atoms with Crippen LogP contribution in [0.2, 0.25) is 0 Å². The first kappa shape index (κ1) is 13.4. The van der Waals surface area contributed by atoms with Gasteiger partial charge in [-0.1, -0.05) is 33.6 Å². The van der Waals surface area contributed by atoms with Crippen molar-refractivity contribution in [3.8, 4) is 0 Å². The van der Waals surface area contributed by atoms with Gasteiger partial charge in [-0.2, -0.15) is 0 Å². The van der Waals surface area contributed by atoms with E-state index in [1.807, 2.05) is 0 Å². The van der Waals surface area contributed by atoms with Gasteiger partial charge in [-0.05, 0) is 62.8 Å². The van der Waals surface area contributed by atoms with Crippen LogP contribution in [-0.4, -0.2) is 12.1 Å². The molecule has 1 heteroatoms. The highest BCUT2D eigenvalue weighted by Gasteiger charge is 2.40. The van der Waals surface area contributed by atoms with E-state index in [0.717, 1.165) is 17.8 Å². The topological polar surface area (TPSA) is 12.0 Å². The SMILES string of the molecule is CCC1(C2CC(C)CC(C)C2)CCCCCN1. The molecule has 0 radical (unpaired) electrons. The van der Waals surface area contributed by atoms with Crippen molar-refractivity contribution in [2.75, 3.05) is 6.54 Å². The van der Waals surface area contributed by atoms with E-state index >= 15 is 0 Å². The third kappa shape index (κ3) is 3.05. The van der Waals surface area contributed by atoms with Crippen molar-refractivity contribution in [2.45, 2.75) is 77.7 Å². The summed E-state index contributed by atoms with van der Waals surface area (Å²) in [5.74, 6) is 2.82. The third-order valence-electron chi connectivity index (χ3n) is 5.37. The van der Waals surface area contributed by atoms with E-state index in [9.17, 15) is 0 Å². The normalized spacial score (nSPS) is 44.3. The Morgan fingerprint density at radius 2 is 1.71 bits per heavy atom. The van der Waals surface area contributed by atoms with Crippen LogP contribution >= 0.6 is 0 Å². The molecule has 1 nitrogen and oxygen atoms in total. The Hall–Kier alpha value is -0.0400. The molecule has 1 heterocycles. The van der Waals surface area contributed by atoms with Crippen molar-refractivity contribution < 1.29 is 0 Å². The van der Waals surface area contributed by atoms with Gasteiger partial charge in [0.05, 0.1) is 0 Å². The number of hydrogen-bond acceptors (Lipinski definition) is 1. The van der Waals surface area contributed by atoms with Gasteiger partial charge in [-0.3, -0.25) is 0 Å². The molecule has 17 heavy (non-hydrogen) atoms. The molecule has 0 aromatic carbocycles. The van der Waals surface area contributed by atoms with Gasteiger partial charge < -0.3 is 5.32 Å². The molecule has 0 aromatic rings. The molecule has 1 aliphatic carbocycles. The van der Waals surface area contributed by atoms with Gasteiger partial charge in [0.25, 0.3) is 0 Å². The molecule has 0 amide bonds. The molecule has 1 saturated carbocycles. The highest BCUT2D eigenvalue weighted by molar-refractivity contribution is 4.97. The first-order valence-corrected chi connectivity index (χ1v) is 7.91. The summed E-state index contributed by atoms with van der Waals surface area (Å²) in [6, 6.07) is 0. The zero-order chi connectivity index (χ0) is 12.3. The highest BCUT2D eigenvalue weighted by atomic mass is 15.0. The molecule has 0 bridgehead atoms. The summed E-state index contributed by atoms with van der Waals surface area (Å²) >= 11 is 0. The predicted molar refractivity (Wildman–Crippen MR) is 75.2 cm³/mol. The van der Waals surface area contributed by atoms with Crippen LogP contribution in [0.3, 0.4) is 0 Å². The van der Waals surface area contributed by atoms with E-state index in [1.165, 1.54) is 57.9 Å². The van der Waals surface area contributed by atoms with E-state index in [0.29, 0.717) is 5.54 Å². The first-order valence-electron chi connectivity index (χ1n) is 7.91. The minimum Gasteiger partial charge on any atom is -0.311 e. The van der Waals surface area contributed by atoms with E-state index in [-0.39, 0.29) is 0 Å². The van der Waals surface area contributed by atoms with Crippen LogP contribution in [0.4, 0.5) is 0 Å². The van der Waals surface area contributed by atoms with Gasteiger partial charge in [0.2, 0.25) is 0 Å². The Labute approximate surface area is 108 Å². The third-order valence-corrected chi connectivity index (χ3v) is 5.37. The summed E-state index contributed by atoms with van der Waals surface area (Å²) in [6.07, 6.45) is 11.4. The lowest BCUT2D eigenvalue weighted by atomic mass is 9.66. The van der Waals surface area contributed by atoms with E-state index < -0.39 is 0 Å². The smallest absolute Gasteiger partial charge is 0.0207 e. The molecule has 3 atom stereocenters. The van der Waals surface area contributed by atoms with Crippen molar-refractivity contribution in [2.24, 2.45) is 17.8 Å². The Morgan fingerprint density at radius 1 is 1.00 bits per heavy atom. The highest BCUT2D eigenvalue weighted by Crippen LogP contribution is 2.42. The average Bonchev–Trinajstić information content (AvgIpc) is 2.53. The molecular formula is C16H31N. The zero-order valence-corrected chi connectivity index (χ0v) is 12.1. The Balaban J connectivity index is 2.09. The van der Waals surface area contributed by atoms with Gasteiger partial charge in [0.1, 0.15) is 0 Å². The van der Waals surface area contributed by atoms with Gasteiger partial charge >= 0.3 is 0 Å². The lowest BCUT2D eigenvalue weighted by Crippen LogP contribution is -2.52. The van der Waals surface area contributed by atoms with Gasteiger partial charge in [-0.15, -0.1) is 0 Å². The number of rotatable bonds is 2. The van der Waals surface area contributed by atoms with Crippen LogP contribution in [0, 0.1) is 17.8 Å². The van der Waals surface area contributed by atoms with Crippen LogP contribution in [0.1, 0.15) is 72.1 Å². The quantitative estimate of drug-likeness (QED) is 0.752. The van der Waals surface area contributed by atoms with E-state index in [1.54, 1.807) is 0 Å². The lowest BCUT2D eigenvalue weighted by Gasteiger charge is -2.46. The second-order valence-corrected chi connectivity index (χ2v) is 6.86. The number of hydrogen-bond donors (Lipinski definition) is 1. The fourth-order valence-electron chi connectivity index (χ4n) is 4.51. The summed E-state index contributed by atoms with van der Waals surface area (Å²) in [7, 11) is 0. The lowest BCUT2D eigenvalue weighted by molar-refractivity contribution is 0.0985. The fraction of sp³-hybridized carbons (Fsp3) is 1.00. The van der Waals surface area contributed by atoms with Crippen molar-refractivity contribution in [3.05, 3.63) is 0 Å². The molecule has 100 valence electrons.